The molecule has 3 fully saturated rings. The van der Waals surface area contributed by atoms with Gasteiger partial charge in [0.2, 0.25) is 0 Å². The van der Waals surface area contributed by atoms with Crippen LogP contribution < -0.4 is 5.32 Å². The Morgan fingerprint density at radius 3 is 2.58 bits per heavy atom. The highest BCUT2D eigenvalue weighted by Crippen LogP contribution is 2.50. The summed E-state index contributed by atoms with van der Waals surface area (Å²) in [6, 6.07) is 1.48. The number of likely N-dealkylation sites (tertiary alicyclic amines) is 1. The number of hydrogen-bond acceptors (Lipinski definition) is 2. The lowest BCUT2D eigenvalue weighted by Crippen LogP contribution is -2.40. The van der Waals surface area contributed by atoms with E-state index in [2.05, 4.69) is 31.0 Å². The van der Waals surface area contributed by atoms with E-state index in [4.69, 9.17) is 0 Å². The van der Waals surface area contributed by atoms with Gasteiger partial charge in [-0.25, -0.2) is 0 Å². The molecule has 5 unspecified atom stereocenters. The molecule has 1 aliphatic heterocycles. The summed E-state index contributed by atoms with van der Waals surface area (Å²) in [5, 5.41) is 3.62. The van der Waals surface area contributed by atoms with E-state index < -0.39 is 0 Å². The minimum Gasteiger partial charge on any atom is -0.314 e. The quantitative estimate of drug-likeness (QED) is 0.821. The van der Waals surface area contributed by atoms with Gasteiger partial charge in [0.25, 0.3) is 0 Å². The normalized spacial score (nSPS) is 40.4. The molecule has 2 aliphatic carbocycles. The highest BCUT2D eigenvalue weighted by atomic mass is 15.2. The van der Waals surface area contributed by atoms with Crippen molar-refractivity contribution in [2.75, 3.05) is 19.6 Å². The van der Waals surface area contributed by atoms with Gasteiger partial charge < -0.3 is 10.2 Å². The fourth-order valence-electron chi connectivity index (χ4n) is 4.96. The molecule has 0 spiro atoms. The van der Waals surface area contributed by atoms with Crippen LogP contribution in [0, 0.1) is 23.7 Å². The number of nitrogens with one attached hydrogen (secondary N) is 1. The van der Waals surface area contributed by atoms with E-state index in [0.717, 1.165) is 29.7 Å². The Labute approximate surface area is 119 Å². The molecule has 0 radical (unpaired) electrons. The molecule has 2 heteroatoms. The minimum absolute atomic E-state index is 0.636. The summed E-state index contributed by atoms with van der Waals surface area (Å²) in [4.78, 5) is 2.80. The standard InChI is InChI=1S/C17H32N2/c1-12(2)18-10-15-6-7-19(11-15)13(3)17-9-14-4-5-16(17)8-14/h12-18H,4-11H2,1-3H3. The monoisotopic (exact) mass is 264 g/mol. The predicted molar refractivity (Wildman–Crippen MR) is 81.2 cm³/mol. The zero-order valence-electron chi connectivity index (χ0n) is 13.1. The van der Waals surface area contributed by atoms with E-state index in [-0.39, 0.29) is 0 Å². The van der Waals surface area contributed by atoms with Gasteiger partial charge in [-0.1, -0.05) is 20.3 Å². The molecule has 1 saturated heterocycles. The smallest absolute Gasteiger partial charge is 0.00980 e. The maximum atomic E-state index is 3.62. The largest absolute Gasteiger partial charge is 0.314 e. The van der Waals surface area contributed by atoms with Crippen LogP contribution in [0.3, 0.4) is 0 Å². The van der Waals surface area contributed by atoms with Crippen LogP contribution in [0.5, 0.6) is 0 Å². The van der Waals surface area contributed by atoms with Crippen LogP contribution in [0.4, 0.5) is 0 Å². The highest BCUT2D eigenvalue weighted by molar-refractivity contribution is 4.96. The zero-order valence-corrected chi connectivity index (χ0v) is 13.1. The summed E-state index contributed by atoms with van der Waals surface area (Å²) in [6.07, 6.45) is 7.57. The van der Waals surface area contributed by atoms with Crippen LogP contribution in [0.1, 0.15) is 52.9 Å². The molecule has 0 amide bonds. The summed E-state index contributed by atoms with van der Waals surface area (Å²) in [7, 11) is 0. The predicted octanol–water partition coefficient (Wildman–Crippen LogP) is 3.13. The molecule has 19 heavy (non-hydrogen) atoms. The van der Waals surface area contributed by atoms with Crippen molar-refractivity contribution in [1.29, 1.82) is 0 Å². The lowest BCUT2D eigenvalue weighted by molar-refractivity contribution is 0.140. The summed E-state index contributed by atoms with van der Waals surface area (Å²) in [5.74, 6) is 4.09. The van der Waals surface area contributed by atoms with E-state index >= 15 is 0 Å². The number of rotatable bonds is 5. The summed E-state index contributed by atoms with van der Waals surface area (Å²) in [5.41, 5.74) is 0. The molecular formula is C17H32N2. The van der Waals surface area contributed by atoms with Gasteiger partial charge in [-0.15, -0.1) is 0 Å². The fourth-order valence-corrected chi connectivity index (χ4v) is 4.96. The Bertz CT molecular complexity index is 302. The zero-order chi connectivity index (χ0) is 13.4. The molecule has 3 aliphatic rings. The van der Waals surface area contributed by atoms with E-state index in [9.17, 15) is 0 Å². The maximum Gasteiger partial charge on any atom is 0.00980 e. The van der Waals surface area contributed by atoms with Gasteiger partial charge in [-0.3, -0.25) is 0 Å². The topological polar surface area (TPSA) is 15.3 Å². The molecule has 2 bridgehead atoms. The molecule has 5 atom stereocenters. The number of nitrogens with zero attached hydrogens (tertiary/aromatic N) is 1. The number of hydrogen-bond donors (Lipinski definition) is 1. The molecule has 110 valence electrons. The van der Waals surface area contributed by atoms with Crippen molar-refractivity contribution < 1.29 is 0 Å². The van der Waals surface area contributed by atoms with Gasteiger partial charge >= 0.3 is 0 Å². The van der Waals surface area contributed by atoms with E-state index in [1.165, 1.54) is 45.3 Å². The molecule has 2 nitrogen and oxygen atoms in total. The van der Waals surface area contributed by atoms with Crippen LogP contribution in [0.15, 0.2) is 0 Å². The second-order valence-corrected chi connectivity index (χ2v) is 7.79. The average molecular weight is 264 g/mol. The lowest BCUT2D eigenvalue weighted by Gasteiger charge is -2.34. The molecule has 0 aromatic carbocycles. The van der Waals surface area contributed by atoms with Gasteiger partial charge in [0, 0.05) is 18.6 Å². The van der Waals surface area contributed by atoms with Crippen LogP contribution >= 0.6 is 0 Å². The Morgan fingerprint density at radius 1 is 1.11 bits per heavy atom. The Hall–Kier alpha value is -0.0800. The van der Waals surface area contributed by atoms with E-state index in [1.807, 2.05) is 0 Å². The van der Waals surface area contributed by atoms with Crippen molar-refractivity contribution in [2.45, 2.75) is 65.0 Å². The molecule has 0 aromatic rings. The SMILES string of the molecule is CC(C)NCC1CCN(C(C)C2CC3CCC2C3)C1. The van der Waals surface area contributed by atoms with E-state index in [1.54, 1.807) is 6.42 Å². The maximum absolute atomic E-state index is 3.62. The third kappa shape index (κ3) is 3.00. The molecule has 1 heterocycles. The molecule has 0 aromatic heterocycles. The van der Waals surface area contributed by atoms with Crippen molar-refractivity contribution >= 4 is 0 Å². The van der Waals surface area contributed by atoms with Crippen LogP contribution in [0.25, 0.3) is 0 Å². The Balaban J connectivity index is 1.48. The van der Waals surface area contributed by atoms with Gasteiger partial charge in [-0.2, -0.15) is 0 Å². The first-order valence-electron chi connectivity index (χ1n) is 8.61. The Morgan fingerprint density at radius 2 is 1.95 bits per heavy atom. The van der Waals surface area contributed by atoms with Crippen LogP contribution in [0.2, 0.25) is 0 Å². The highest BCUT2D eigenvalue weighted by Gasteiger charge is 2.43. The van der Waals surface area contributed by atoms with Gasteiger partial charge in [0.05, 0.1) is 0 Å². The Kier molecular flexibility index (Phi) is 4.19. The second-order valence-electron chi connectivity index (χ2n) is 7.79. The number of fused-ring (bicyclic) bond motifs is 2. The molecule has 1 N–H and O–H groups in total. The third-order valence-electron chi connectivity index (χ3n) is 6.12. The molecular weight excluding hydrogens is 232 g/mol. The van der Waals surface area contributed by atoms with Gasteiger partial charge in [-0.05, 0) is 69.4 Å². The van der Waals surface area contributed by atoms with Crippen molar-refractivity contribution in [1.82, 2.24) is 10.2 Å². The first-order valence-corrected chi connectivity index (χ1v) is 8.61. The van der Waals surface area contributed by atoms with Crippen molar-refractivity contribution in [2.24, 2.45) is 23.7 Å². The summed E-state index contributed by atoms with van der Waals surface area (Å²) in [6.45, 7) is 10.9. The van der Waals surface area contributed by atoms with Crippen LogP contribution in [-0.2, 0) is 0 Å². The lowest BCUT2D eigenvalue weighted by atomic mass is 9.83. The van der Waals surface area contributed by atoms with Crippen LogP contribution in [-0.4, -0.2) is 36.6 Å². The minimum atomic E-state index is 0.636. The third-order valence-corrected chi connectivity index (χ3v) is 6.12. The first-order chi connectivity index (χ1) is 9.13. The fraction of sp³-hybridized carbons (Fsp3) is 1.00. The van der Waals surface area contributed by atoms with Crippen molar-refractivity contribution in [3.05, 3.63) is 0 Å². The van der Waals surface area contributed by atoms with Crippen molar-refractivity contribution in [3.63, 3.8) is 0 Å². The second kappa shape index (κ2) is 5.73. The van der Waals surface area contributed by atoms with Gasteiger partial charge in [0.15, 0.2) is 0 Å². The first kappa shape index (κ1) is 13.9. The molecule has 3 rings (SSSR count). The van der Waals surface area contributed by atoms with Gasteiger partial charge in [0.1, 0.15) is 0 Å². The van der Waals surface area contributed by atoms with Crippen molar-refractivity contribution in [3.8, 4) is 0 Å². The summed E-state index contributed by atoms with van der Waals surface area (Å²) >= 11 is 0. The summed E-state index contributed by atoms with van der Waals surface area (Å²) < 4.78 is 0. The van der Waals surface area contributed by atoms with E-state index in [0.29, 0.717) is 6.04 Å². The molecule has 2 saturated carbocycles. The average Bonchev–Trinajstić information content (AvgIpc) is 3.11.